The SMILES string of the molecule is CC(C)Cc1nc2cc(CC(C)(C)N)ccc2n1C. The number of fused-ring (bicyclic) bond motifs is 1. The summed E-state index contributed by atoms with van der Waals surface area (Å²) in [6, 6.07) is 6.50. The summed E-state index contributed by atoms with van der Waals surface area (Å²) in [4.78, 5) is 4.77. The van der Waals surface area contributed by atoms with Gasteiger partial charge >= 0.3 is 0 Å². The minimum Gasteiger partial charge on any atom is -0.331 e. The first-order valence-corrected chi connectivity index (χ1v) is 6.99. The summed E-state index contributed by atoms with van der Waals surface area (Å²) in [6.07, 6.45) is 1.89. The second-order valence-corrected chi connectivity index (χ2v) is 6.67. The number of aromatic nitrogens is 2. The summed E-state index contributed by atoms with van der Waals surface area (Å²) >= 11 is 0. The van der Waals surface area contributed by atoms with Crippen LogP contribution in [0.1, 0.15) is 39.1 Å². The first-order valence-electron chi connectivity index (χ1n) is 6.99. The van der Waals surface area contributed by atoms with E-state index in [1.165, 1.54) is 11.1 Å². The largest absolute Gasteiger partial charge is 0.331 e. The Morgan fingerprint density at radius 2 is 2.00 bits per heavy atom. The van der Waals surface area contributed by atoms with Crippen molar-refractivity contribution in [3.8, 4) is 0 Å². The van der Waals surface area contributed by atoms with E-state index in [4.69, 9.17) is 10.7 Å². The first-order chi connectivity index (χ1) is 8.76. The van der Waals surface area contributed by atoms with E-state index < -0.39 is 0 Å². The van der Waals surface area contributed by atoms with Gasteiger partial charge in [0.15, 0.2) is 0 Å². The molecule has 0 fully saturated rings. The molecule has 0 radical (unpaired) electrons. The van der Waals surface area contributed by atoms with Gasteiger partial charge in [-0.25, -0.2) is 4.98 Å². The maximum atomic E-state index is 6.09. The van der Waals surface area contributed by atoms with Crippen LogP contribution >= 0.6 is 0 Å². The molecular weight excluding hydrogens is 234 g/mol. The van der Waals surface area contributed by atoms with Crippen molar-refractivity contribution in [2.75, 3.05) is 0 Å². The normalized spacial score (nSPS) is 12.6. The second kappa shape index (κ2) is 4.97. The topological polar surface area (TPSA) is 43.8 Å². The molecule has 19 heavy (non-hydrogen) atoms. The standard InChI is InChI=1S/C16H25N3/c1-11(2)8-15-18-13-9-12(10-16(3,4)17)6-7-14(13)19(15)5/h6-7,9,11H,8,10,17H2,1-5H3. The Hall–Kier alpha value is -1.35. The maximum absolute atomic E-state index is 6.09. The van der Waals surface area contributed by atoms with Crippen LogP contribution in [0.2, 0.25) is 0 Å². The Kier molecular flexibility index (Phi) is 3.68. The predicted octanol–water partition coefficient (Wildman–Crippen LogP) is 3.05. The minimum atomic E-state index is -0.177. The Morgan fingerprint density at radius 3 is 2.58 bits per heavy atom. The van der Waals surface area contributed by atoms with E-state index in [-0.39, 0.29) is 5.54 Å². The number of nitrogens with two attached hydrogens (primary N) is 1. The first kappa shape index (κ1) is 14.1. The van der Waals surface area contributed by atoms with E-state index in [0.29, 0.717) is 5.92 Å². The summed E-state index contributed by atoms with van der Waals surface area (Å²) in [7, 11) is 2.10. The molecular formula is C16H25N3. The Balaban J connectivity index is 2.38. The molecule has 1 heterocycles. The van der Waals surface area contributed by atoms with Crippen LogP contribution in [0.4, 0.5) is 0 Å². The number of hydrogen-bond donors (Lipinski definition) is 1. The molecule has 0 aliphatic carbocycles. The van der Waals surface area contributed by atoms with Gasteiger partial charge in [-0.15, -0.1) is 0 Å². The molecule has 0 unspecified atom stereocenters. The third-order valence-electron chi connectivity index (χ3n) is 3.29. The van der Waals surface area contributed by atoms with Crippen molar-refractivity contribution in [1.29, 1.82) is 0 Å². The van der Waals surface area contributed by atoms with Crippen molar-refractivity contribution in [2.45, 2.75) is 46.1 Å². The Morgan fingerprint density at radius 1 is 1.32 bits per heavy atom. The molecule has 0 aliphatic rings. The third kappa shape index (κ3) is 3.35. The highest BCUT2D eigenvalue weighted by atomic mass is 15.1. The van der Waals surface area contributed by atoms with E-state index in [1.807, 2.05) is 0 Å². The molecule has 2 aromatic rings. The van der Waals surface area contributed by atoms with Crippen molar-refractivity contribution in [3.63, 3.8) is 0 Å². The predicted molar refractivity (Wildman–Crippen MR) is 81.2 cm³/mol. The molecule has 0 saturated heterocycles. The van der Waals surface area contributed by atoms with Gasteiger partial charge in [0, 0.05) is 19.0 Å². The molecule has 0 amide bonds. The van der Waals surface area contributed by atoms with Gasteiger partial charge in [-0.1, -0.05) is 19.9 Å². The van der Waals surface area contributed by atoms with Gasteiger partial charge in [0.05, 0.1) is 11.0 Å². The highest BCUT2D eigenvalue weighted by molar-refractivity contribution is 5.76. The Labute approximate surface area is 115 Å². The van der Waals surface area contributed by atoms with E-state index in [0.717, 1.165) is 24.2 Å². The molecule has 0 spiro atoms. The van der Waals surface area contributed by atoms with Gasteiger partial charge in [0.2, 0.25) is 0 Å². The molecule has 3 heteroatoms. The zero-order chi connectivity index (χ0) is 14.2. The van der Waals surface area contributed by atoms with E-state index >= 15 is 0 Å². The molecule has 2 N–H and O–H groups in total. The summed E-state index contributed by atoms with van der Waals surface area (Å²) in [6.45, 7) is 8.56. The van der Waals surface area contributed by atoms with Crippen molar-refractivity contribution in [1.82, 2.24) is 9.55 Å². The molecule has 0 saturated carbocycles. The van der Waals surface area contributed by atoms with Gasteiger partial charge < -0.3 is 10.3 Å². The molecule has 0 aliphatic heterocycles. The van der Waals surface area contributed by atoms with Crippen LogP contribution in [0.3, 0.4) is 0 Å². The monoisotopic (exact) mass is 259 g/mol. The van der Waals surface area contributed by atoms with E-state index in [1.54, 1.807) is 0 Å². The van der Waals surface area contributed by atoms with Crippen molar-refractivity contribution in [2.24, 2.45) is 18.7 Å². The molecule has 0 bridgehead atoms. The summed E-state index contributed by atoms with van der Waals surface area (Å²) in [5, 5.41) is 0. The highest BCUT2D eigenvalue weighted by Gasteiger charge is 2.14. The summed E-state index contributed by atoms with van der Waals surface area (Å²) in [5.74, 6) is 1.78. The smallest absolute Gasteiger partial charge is 0.109 e. The van der Waals surface area contributed by atoms with Gasteiger partial charge in [-0.05, 0) is 43.9 Å². The molecule has 104 valence electrons. The lowest BCUT2D eigenvalue weighted by Gasteiger charge is -2.18. The van der Waals surface area contributed by atoms with Gasteiger partial charge in [-0.2, -0.15) is 0 Å². The summed E-state index contributed by atoms with van der Waals surface area (Å²) < 4.78 is 2.20. The average Bonchev–Trinajstić information content (AvgIpc) is 2.52. The van der Waals surface area contributed by atoms with Gasteiger partial charge in [0.1, 0.15) is 5.82 Å². The lowest BCUT2D eigenvalue weighted by atomic mass is 9.96. The van der Waals surface area contributed by atoms with Crippen LogP contribution in [0.5, 0.6) is 0 Å². The molecule has 1 aromatic carbocycles. The van der Waals surface area contributed by atoms with Crippen LogP contribution in [0.15, 0.2) is 18.2 Å². The van der Waals surface area contributed by atoms with Crippen LogP contribution in [-0.2, 0) is 19.9 Å². The lowest BCUT2D eigenvalue weighted by molar-refractivity contribution is 0.517. The number of benzene rings is 1. The van der Waals surface area contributed by atoms with Crippen LogP contribution in [0, 0.1) is 5.92 Å². The fraction of sp³-hybridized carbons (Fsp3) is 0.562. The van der Waals surface area contributed by atoms with Gasteiger partial charge in [-0.3, -0.25) is 0 Å². The van der Waals surface area contributed by atoms with Crippen molar-refractivity contribution < 1.29 is 0 Å². The number of hydrogen-bond acceptors (Lipinski definition) is 2. The van der Waals surface area contributed by atoms with Crippen LogP contribution in [-0.4, -0.2) is 15.1 Å². The van der Waals surface area contributed by atoms with E-state index in [9.17, 15) is 0 Å². The average molecular weight is 259 g/mol. The zero-order valence-corrected chi connectivity index (χ0v) is 12.7. The lowest BCUT2D eigenvalue weighted by Crippen LogP contribution is -2.34. The van der Waals surface area contributed by atoms with Crippen molar-refractivity contribution >= 4 is 11.0 Å². The molecule has 0 atom stereocenters. The minimum absolute atomic E-state index is 0.177. The molecule has 3 nitrogen and oxygen atoms in total. The fourth-order valence-electron chi connectivity index (χ4n) is 2.48. The van der Waals surface area contributed by atoms with E-state index in [2.05, 4.69) is 57.5 Å². The van der Waals surface area contributed by atoms with Crippen molar-refractivity contribution in [3.05, 3.63) is 29.6 Å². The van der Waals surface area contributed by atoms with Crippen LogP contribution in [0.25, 0.3) is 11.0 Å². The molecule has 2 rings (SSSR count). The van der Waals surface area contributed by atoms with Crippen LogP contribution < -0.4 is 5.73 Å². The fourth-order valence-corrected chi connectivity index (χ4v) is 2.48. The van der Waals surface area contributed by atoms with Gasteiger partial charge in [0.25, 0.3) is 0 Å². The number of aryl methyl sites for hydroxylation is 1. The highest BCUT2D eigenvalue weighted by Crippen LogP contribution is 2.20. The Bertz CT molecular complexity index is 573. The third-order valence-corrected chi connectivity index (χ3v) is 3.29. The maximum Gasteiger partial charge on any atom is 0.109 e. The number of rotatable bonds is 4. The number of imidazole rings is 1. The zero-order valence-electron chi connectivity index (χ0n) is 12.7. The molecule has 1 aromatic heterocycles. The summed E-state index contributed by atoms with van der Waals surface area (Å²) in [5.41, 5.74) is 9.45. The second-order valence-electron chi connectivity index (χ2n) is 6.67. The quantitative estimate of drug-likeness (QED) is 0.917. The number of nitrogens with zero attached hydrogens (tertiary/aromatic N) is 2.